The summed E-state index contributed by atoms with van der Waals surface area (Å²) < 4.78 is 19.0. The Morgan fingerprint density at radius 3 is 2.89 bits per heavy atom. The van der Waals surface area contributed by atoms with Crippen LogP contribution in [-0.4, -0.2) is 38.2 Å². The monoisotopic (exact) mass is 440 g/mol. The summed E-state index contributed by atoms with van der Waals surface area (Å²) in [5.74, 6) is 0.439. The largest absolute Gasteiger partial charge is 0.366 e. The van der Waals surface area contributed by atoms with Crippen LogP contribution in [0.1, 0.15) is 11.1 Å². The van der Waals surface area contributed by atoms with E-state index in [2.05, 4.69) is 41.7 Å². The Kier molecular flexibility index (Phi) is 4.16. The van der Waals surface area contributed by atoms with Crippen molar-refractivity contribution in [3.63, 3.8) is 0 Å². The second-order valence-electron chi connectivity index (χ2n) is 6.43. The summed E-state index contributed by atoms with van der Waals surface area (Å²) in [6.07, 6.45) is 3.32. The Bertz CT molecular complexity index is 1140. The highest BCUT2D eigenvalue weighted by molar-refractivity contribution is 9.10. The van der Waals surface area contributed by atoms with Crippen molar-refractivity contribution >= 4 is 38.9 Å². The van der Waals surface area contributed by atoms with Crippen LogP contribution in [0.4, 0.5) is 4.39 Å². The van der Waals surface area contributed by atoms with Gasteiger partial charge in [0.15, 0.2) is 6.17 Å². The number of hydrogen-bond donors (Lipinski definition) is 1. The summed E-state index contributed by atoms with van der Waals surface area (Å²) in [5.41, 5.74) is 3.45. The molecule has 0 amide bonds. The maximum Gasteiger partial charge on any atom is 0.161 e. The zero-order valence-corrected chi connectivity index (χ0v) is 16.0. The molecule has 0 radical (unpaired) electrons. The van der Waals surface area contributed by atoms with Gasteiger partial charge in [-0.2, -0.15) is 5.10 Å². The van der Waals surface area contributed by atoms with E-state index in [1.165, 1.54) is 6.07 Å². The van der Waals surface area contributed by atoms with Gasteiger partial charge in [-0.05, 0) is 40.1 Å². The van der Waals surface area contributed by atoms with E-state index in [9.17, 15) is 4.39 Å². The lowest BCUT2D eigenvalue weighted by Crippen LogP contribution is -2.39. The molecule has 7 nitrogen and oxygen atoms in total. The molecule has 140 valence electrons. The number of allylic oxidation sites excluding steroid dienone is 1. The van der Waals surface area contributed by atoms with Crippen molar-refractivity contribution in [3.8, 4) is 0 Å². The van der Waals surface area contributed by atoms with Crippen LogP contribution < -0.4 is 5.32 Å². The molecule has 0 spiro atoms. The fraction of sp³-hybridized carbons (Fsp3) is 0.158. The van der Waals surface area contributed by atoms with E-state index in [0.717, 1.165) is 11.4 Å². The van der Waals surface area contributed by atoms with Gasteiger partial charge in [0.25, 0.3) is 0 Å². The third-order valence-corrected chi connectivity index (χ3v) is 5.31. The number of fused-ring (bicyclic) bond motifs is 2. The van der Waals surface area contributed by atoms with Crippen molar-refractivity contribution in [1.29, 1.82) is 0 Å². The molecule has 2 aromatic carbocycles. The maximum atomic E-state index is 14.3. The molecular formula is C19H14BrFN6O. The fourth-order valence-electron chi connectivity index (χ4n) is 3.20. The van der Waals surface area contributed by atoms with Crippen LogP contribution >= 0.6 is 15.9 Å². The Morgan fingerprint density at radius 1 is 1.14 bits per heavy atom. The maximum absolute atomic E-state index is 14.3. The van der Waals surface area contributed by atoms with E-state index < -0.39 is 0 Å². The zero-order chi connectivity index (χ0) is 19.1. The number of halogens is 2. The molecule has 28 heavy (non-hydrogen) atoms. The first kappa shape index (κ1) is 17.1. The Balaban J connectivity index is 1.45. The number of hydrogen-bond acceptors (Lipinski definition) is 7. The Hall–Kier alpha value is -3.07. The van der Waals surface area contributed by atoms with Crippen LogP contribution in [-0.2, 0) is 6.54 Å². The first-order valence-corrected chi connectivity index (χ1v) is 9.57. The minimum absolute atomic E-state index is 0.0580. The molecular weight excluding hydrogens is 427 g/mol. The third-order valence-electron chi connectivity index (χ3n) is 4.60. The van der Waals surface area contributed by atoms with Gasteiger partial charge in [-0.3, -0.25) is 4.99 Å². The minimum atomic E-state index is -0.306. The van der Waals surface area contributed by atoms with Crippen LogP contribution in [0.3, 0.4) is 0 Å². The van der Waals surface area contributed by atoms with Crippen molar-refractivity contribution in [2.75, 3.05) is 0 Å². The summed E-state index contributed by atoms with van der Waals surface area (Å²) in [6, 6.07) is 12.3. The van der Waals surface area contributed by atoms with Gasteiger partial charge in [0.2, 0.25) is 0 Å². The van der Waals surface area contributed by atoms with Gasteiger partial charge in [0.05, 0.1) is 10.5 Å². The van der Waals surface area contributed by atoms with Crippen LogP contribution in [0, 0.1) is 5.82 Å². The van der Waals surface area contributed by atoms with Crippen molar-refractivity contribution in [1.82, 2.24) is 20.6 Å². The van der Waals surface area contributed by atoms with Crippen LogP contribution in [0.15, 0.2) is 69.1 Å². The highest BCUT2D eigenvalue weighted by Crippen LogP contribution is 2.28. The fourth-order valence-corrected chi connectivity index (χ4v) is 3.65. The average molecular weight is 441 g/mol. The van der Waals surface area contributed by atoms with Crippen molar-refractivity contribution in [3.05, 3.63) is 71.3 Å². The van der Waals surface area contributed by atoms with Gasteiger partial charge in [-0.15, -0.1) is 0 Å². The minimum Gasteiger partial charge on any atom is -0.366 e. The predicted molar refractivity (Wildman–Crippen MR) is 106 cm³/mol. The van der Waals surface area contributed by atoms with Crippen LogP contribution in [0.25, 0.3) is 11.0 Å². The number of benzene rings is 2. The molecule has 0 saturated heterocycles. The second kappa shape index (κ2) is 6.83. The lowest BCUT2D eigenvalue weighted by Gasteiger charge is -2.30. The lowest BCUT2D eigenvalue weighted by molar-refractivity contribution is 0.280. The second-order valence-corrected chi connectivity index (χ2v) is 7.49. The quantitative estimate of drug-likeness (QED) is 0.630. The van der Waals surface area contributed by atoms with E-state index in [0.29, 0.717) is 28.9 Å². The van der Waals surface area contributed by atoms with Crippen molar-refractivity contribution in [2.45, 2.75) is 17.5 Å². The predicted octanol–water partition coefficient (Wildman–Crippen LogP) is 3.19. The van der Waals surface area contributed by atoms with E-state index in [-0.39, 0.29) is 16.8 Å². The first-order valence-electron chi connectivity index (χ1n) is 8.66. The molecule has 0 bridgehead atoms. The molecule has 9 heteroatoms. The summed E-state index contributed by atoms with van der Waals surface area (Å²) in [5, 5.41) is 17.3. The molecule has 5 rings (SSSR count). The standard InChI is InChI=1S/C19H14BrFN6O/c20-13-10-23-27-18(22-9-11-5-6-15-17(7-11)26-28-25-15)8-16(24-19(13)27)12-3-1-2-4-14(12)21/h1-8,10,13,19,22H,9H2. The molecule has 2 atom stereocenters. The zero-order valence-electron chi connectivity index (χ0n) is 14.5. The van der Waals surface area contributed by atoms with Gasteiger partial charge in [-0.1, -0.05) is 34.1 Å². The smallest absolute Gasteiger partial charge is 0.161 e. The van der Waals surface area contributed by atoms with Gasteiger partial charge in [-0.25, -0.2) is 14.0 Å². The summed E-state index contributed by atoms with van der Waals surface area (Å²) in [6.45, 7) is 0.533. The van der Waals surface area contributed by atoms with Crippen LogP contribution in [0.2, 0.25) is 0 Å². The highest BCUT2D eigenvalue weighted by Gasteiger charge is 2.34. The lowest BCUT2D eigenvalue weighted by atomic mass is 10.1. The van der Waals surface area contributed by atoms with Crippen molar-refractivity contribution < 1.29 is 9.02 Å². The number of rotatable bonds is 4. The Labute approximate surface area is 167 Å². The third kappa shape index (κ3) is 2.97. The normalized spacial score (nSPS) is 20.9. The van der Waals surface area contributed by atoms with Gasteiger partial charge in [0.1, 0.15) is 22.7 Å². The number of alkyl halides is 1. The van der Waals surface area contributed by atoms with Gasteiger partial charge < -0.3 is 5.32 Å². The van der Waals surface area contributed by atoms with E-state index in [1.807, 2.05) is 24.3 Å². The molecule has 2 aliphatic heterocycles. The molecule has 2 aliphatic rings. The van der Waals surface area contributed by atoms with Gasteiger partial charge in [0, 0.05) is 24.4 Å². The molecule has 0 aliphatic carbocycles. The summed E-state index contributed by atoms with van der Waals surface area (Å²) >= 11 is 3.57. The number of aliphatic imine (C=N–C) groups is 1. The summed E-state index contributed by atoms with van der Waals surface area (Å²) in [7, 11) is 0. The molecule has 1 aromatic heterocycles. The molecule has 3 heterocycles. The van der Waals surface area contributed by atoms with Gasteiger partial charge >= 0.3 is 0 Å². The topological polar surface area (TPSA) is 78.9 Å². The molecule has 2 unspecified atom stereocenters. The Morgan fingerprint density at radius 2 is 2.00 bits per heavy atom. The SMILES string of the molecule is Fc1ccccc1C1=NC2C(Br)C=NN2C(NCc2ccc3nonc3c2)=C1. The van der Waals surface area contributed by atoms with E-state index >= 15 is 0 Å². The molecule has 0 saturated carbocycles. The number of nitrogens with one attached hydrogen (secondary N) is 1. The van der Waals surface area contributed by atoms with Crippen LogP contribution in [0.5, 0.6) is 0 Å². The molecule has 0 fully saturated rings. The number of nitrogens with zero attached hydrogens (tertiary/aromatic N) is 5. The summed E-state index contributed by atoms with van der Waals surface area (Å²) in [4.78, 5) is 4.62. The highest BCUT2D eigenvalue weighted by atomic mass is 79.9. The van der Waals surface area contributed by atoms with Crippen molar-refractivity contribution in [2.24, 2.45) is 10.1 Å². The molecule has 3 aromatic rings. The van der Waals surface area contributed by atoms with E-state index in [1.54, 1.807) is 29.4 Å². The van der Waals surface area contributed by atoms with E-state index in [4.69, 9.17) is 4.63 Å². The number of hydrazone groups is 1. The number of aromatic nitrogens is 2. The molecule has 1 N–H and O–H groups in total. The average Bonchev–Trinajstić information content (AvgIpc) is 3.33. The first-order chi connectivity index (χ1) is 13.7.